The van der Waals surface area contributed by atoms with E-state index in [1.807, 2.05) is 0 Å². The van der Waals surface area contributed by atoms with Crippen LogP contribution in [0.25, 0.3) is 0 Å². The monoisotopic (exact) mass is 311 g/mol. The highest BCUT2D eigenvalue weighted by atomic mass is 32.2. The zero-order valence-electron chi connectivity index (χ0n) is 11.6. The summed E-state index contributed by atoms with van der Waals surface area (Å²) in [6.07, 6.45) is 0. The third kappa shape index (κ3) is 6.90. The molecule has 6 nitrogen and oxygen atoms in total. The number of benzene rings is 1. The number of aliphatic hydroxyl groups excluding tert-OH is 1. The molecular weight excluding hydrogens is 294 g/mol. The van der Waals surface area contributed by atoms with Crippen LogP contribution in [-0.4, -0.2) is 38.5 Å². The summed E-state index contributed by atoms with van der Waals surface area (Å²) in [5.41, 5.74) is 1.46. The van der Waals surface area contributed by atoms with Crippen LogP contribution < -0.4 is 4.72 Å². The number of aliphatic hydroxyl groups is 1. The molecule has 1 rings (SSSR count). The second-order valence-electron chi connectivity index (χ2n) is 4.04. The highest BCUT2D eigenvalue weighted by Gasteiger charge is 2.16. The molecule has 0 aliphatic heterocycles. The first-order chi connectivity index (χ1) is 9.96. The van der Waals surface area contributed by atoms with Gasteiger partial charge in [-0.2, -0.15) is 0 Å². The summed E-state index contributed by atoms with van der Waals surface area (Å²) in [4.78, 5) is 11.1. The lowest BCUT2D eigenvalue weighted by Crippen LogP contribution is -2.30. The Morgan fingerprint density at radius 2 is 2.00 bits per heavy atom. The summed E-state index contributed by atoms with van der Waals surface area (Å²) >= 11 is 0. The molecule has 1 aromatic carbocycles. The van der Waals surface area contributed by atoms with Crippen molar-refractivity contribution >= 4 is 16.0 Å². The van der Waals surface area contributed by atoms with Crippen molar-refractivity contribution in [3.63, 3.8) is 0 Å². The van der Waals surface area contributed by atoms with Gasteiger partial charge in [-0.25, -0.2) is 13.1 Å². The van der Waals surface area contributed by atoms with Crippen LogP contribution in [0.4, 0.5) is 0 Å². The molecule has 0 saturated heterocycles. The van der Waals surface area contributed by atoms with Crippen molar-refractivity contribution in [1.29, 1.82) is 0 Å². The average molecular weight is 311 g/mol. The molecule has 0 saturated carbocycles. The van der Waals surface area contributed by atoms with E-state index in [9.17, 15) is 13.2 Å². The minimum Gasteiger partial charge on any atom is -0.465 e. The molecule has 0 radical (unpaired) electrons. The molecule has 0 heterocycles. The summed E-state index contributed by atoms with van der Waals surface area (Å²) in [6.45, 7) is 1.62. The van der Waals surface area contributed by atoms with Crippen molar-refractivity contribution in [2.24, 2.45) is 0 Å². The third-order valence-electron chi connectivity index (χ3n) is 2.38. The highest BCUT2D eigenvalue weighted by Crippen LogP contribution is 2.04. The van der Waals surface area contributed by atoms with Crippen LogP contribution in [0.2, 0.25) is 0 Å². The Morgan fingerprint density at radius 1 is 1.33 bits per heavy atom. The Bertz CT molecular complexity index is 626. The summed E-state index contributed by atoms with van der Waals surface area (Å²) in [5, 5.41) is 8.58. The van der Waals surface area contributed by atoms with Gasteiger partial charge in [-0.05, 0) is 24.6 Å². The quantitative estimate of drug-likeness (QED) is 0.570. The molecule has 0 aliphatic carbocycles. The fourth-order valence-corrected chi connectivity index (χ4v) is 2.33. The molecule has 0 aromatic heterocycles. The van der Waals surface area contributed by atoms with Crippen molar-refractivity contribution in [2.75, 3.05) is 19.0 Å². The largest absolute Gasteiger partial charge is 0.465 e. The molecule has 21 heavy (non-hydrogen) atoms. The summed E-state index contributed by atoms with van der Waals surface area (Å²) in [5.74, 6) is 3.78. The minimum atomic E-state index is -3.71. The first kappa shape index (κ1) is 17.2. The Morgan fingerprint density at radius 3 is 2.57 bits per heavy atom. The fraction of sp³-hybridized carbons (Fsp3) is 0.357. The Kier molecular flexibility index (Phi) is 6.88. The summed E-state index contributed by atoms with van der Waals surface area (Å²) in [6, 6.07) is 6.87. The molecule has 0 spiro atoms. The van der Waals surface area contributed by atoms with E-state index >= 15 is 0 Å². The number of carbonyl (C=O) groups excluding carboxylic acids is 1. The lowest BCUT2D eigenvalue weighted by Gasteiger charge is -2.06. The number of rotatable bonds is 6. The SMILES string of the molecule is CCOC(=O)CS(=O)(=O)NCc1ccc(C#CCO)cc1. The van der Waals surface area contributed by atoms with Crippen LogP contribution in [0.3, 0.4) is 0 Å². The lowest BCUT2D eigenvalue weighted by molar-refractivity contribution is -0.139. The van der Waals surface area contributed by atoms with Crippen molar-refractivity contribution in [3.8, 4) is 11.8 Å². The minimum absolute atomic E-state index is 0.0788. The molecule has 0 unspecified atom stereocenters. The van der Waals surface area contributed by atoms with Crippen LogP contribution in [0, 0.1) is 11.8 Å². The van der Waals surface area contributed by atoms with Gasteiger partial charge < -0.3 is 9.84 Å². The van der Waals surface area contributed by atoms with Gasteiger partial charge in [0, 0.05) is 12.1 Å². The zero-order chi connectivity index (χ0) is 15.7. The van der Waals surface area contributed by atoms with Crippen molar-refractivity contribution in [1.82, 2.24) is 4.72 Å². The smallest absolute Gasteiger partial charge is 0.322 e. The van der Waals surface area contributed by atoms with Gasteiger partial charge in [-0.3, -0.25) is 4.79 Å². The predicted molar refractivity (Wildman–Crippen MR) is 77.7 cm³/mol. The van der Waals surface area contributed by atoms with Crippen LogP contribution in [-0.2, 0) is 26.1 Å². The molecule has 0 bridgehead atoms. The van der Waals surface area contributed by atoms with Gasteiger partial charge in [0.1, 0.15) is 6.61 Å². The number of sulfonamides is 1. The number of ether oxygens (including phenoxy) is 1. The number of hydrogen-bond acceptors (Lipinski definition) is 5. The van der Waals surface area contributed by atoms with Gasteiger partial charge in [0.25, 0.3) is 0 Å². The van der Waals surface area contributed by atoms with E-state index in [0.717, 1.165) is 11.1 Å². The zero-order valence-corrected chi connectivity index (χ0v) is 12.4. The summed E-state index contributed by atoms with van der Waals surface area (Å²) in [7, 11) is -3.71. The van der Waals surface area contributed by atoms with Gasteiger partial charge in [0.2, 0.25) is 10.0 Å². The Labute approximate surface area is 124 Å². The third-order valence-corrected chi connectivity index (χ3v) is 3.58. The molecule has 0 fully saturated rings. The van der Waals surface area contributed by atoms with E-state index in [2.05, 4.69) is 21.3 Å². The molecule has 0 aliphatic rings. The van der Waals surface area contributed by atoms with Crippen LogP contribution in [0.15, 0.2) is 24.3 Å². The van der Waals surface area contributed by atoms with Crippen LogP contribution in [0.5, 0.6) is 0 Å². The Balaban J connectivity index is 2.56. The highest BCUT2D eigenvalue weighted by molar-refractivity contribution is 7.90. The van der Waals surface area contributed by atoms with Gasteiger partial charge in [0.05, 0.1) is 6.61 Å². The number of nitrogens with one attached hydrogen (secondary N) is 1. The van der Waals surface area contributed by atoms with Gasteiger partial charge in [-0.1, -0.05) is 24.0 Å². The normalized spacial score (nSPS) is 10.6. The Hall–Kier alpha value is -1.88. The first-order valence-electron chi connectivity index (χ1n) is 6.28. The fourth-order valence-electron chi connectivity index (χ4n) is 1.45. The van der Waals surface area contributed by atoms with Crippen molar-refractivity contribution in [3.05, 3.63) is 35.4 Å². The average Bonchev–Trinajstić information content (AvgIpc) is 2.44. The second-order valence-corrected chi connectivity index (χ2v) is 5.85. The molecule has 1 aromatic rings. The van der Waals surface area contributed by atoms with E-state index in [0.29, 0.717) is 0 Å². The van der Waals surface area contributed by atoms with Gasteiger partial charge >= 0.3 is 5.97 Å². The number of carbonyl (C=O) groups is 1. The molecular formula is C14H17NO5S. The van der Waals surface area contributed by atoms with Crippen LogP contribution in [0.1, 0.15) is 18.1 Å². The first-order valence-corrected chi connectivity index (χ1v) is 7.93. The van der Waals surface area contributed by atoms with Crippen LogP contribution >= 0.6 is 0 Å². The van der Waals surface area contributed by atoms with Gasteiger partial charge in [0.15, 0.2) is 5.75 Å². The molecule has 0 amide bonds. The molecule has 7 heteroatoms. The van der Waals surface area contributed by atoms with E-state index in [1.165, 1.54) is 0 Å². The second kappa shape index (κ2) is 8.42. The maximum atomic E-state index is 11.6. The summed E-state index contributed by atoms with van der Waals surface area (Å²) < 4.78 is 30.2. The lowest BCUT2D eigenvalue weighted by atomic mass is 10.1. The van der Waals surface area contributed by atoms with Gasteiger partial charge in [-0.15, -0.1) is 0 Å². The number of esters is 1. The van der Waals surface area contributed by atoms with Crippen molar-refractivity contribution < 1.29 is 23.1 Å². The maximum absolute atomic E-state index is 11.6. The predicted octanol–water partition coefficient (Wildman–Crippen LogP) is 0.0129. The van der Waals surface area contributed by atoms with E-state index < -0.39 is 21.7 Å². The van der Waals surface area contributed by atoms with E-state index in [-0.39, 0.29) is 19.8 Å². The topological polar surface area (TPSA) is 92.7 Å². The maximum Gasteiger partial charge on any atom is 0.322 e. The van der Waals surface area contributed by atoms with Crippen molar-refractivity contribution in [2.45, 2.75) is 13.5 Å². The molecule has 2 N–H and O–H groups in total. The standard InChI is InChI=1S/C14H17NO5S/c1-2-20-14(17)11-21(18,19)15-10-13-7-5-12(6-8-13)4-3-9-16/h5-8,15-16H,2,9-11H2,1H3. The van der Waals surface area contributed by atoms with E-state index in [4.69, 9.17) is 5.11 Å². The molecule has 114 valence electrons. The molecule has 0 atom stereocenters. The number of hydrogen-bond donors (Lipinski definition) is 2. The van der Waals surface area contributed by atoms with E-state index in [1.54, 1.807) is 31.2 Å².